The maximum atomic E-state index is 4.44. The number of benzene rings is 1. The molecule has 1 heterocycles. The molecule has 0 amide bonds. The standard InChI is InChI=1S/C13H15N/c1-9-4-6-12(7-5-9)13-8-14-11(3)10(13)2/h4-7H,8H2,1-3H3. The van der Waals surface area contributed by atoms with Crippen molar-refractivity contribution in [3.63, 3.8) is 0 Å². The summed E-state index contributed by atoms with van der Waals surface area (Å²) in [6.45, 7) is 7.19. The fraction of sp³-hybridized carbons (Fsp3) is 0.308. The average Bonchev–Trinajstić information content (AvgIpc) is 2.50. The van der Waals surface area contributed by atoms with Gasteiger partial charge in [0, 0.05) is 5.71 Å². The molecule has 1 nitrogen and oxygen atoms in total. The Hall–Kier alpha value is -1.37. The molecule has 1 aliphatic heterocycles. The molecule has 72 valence electrons. The van der Waals surface area contributed by atoms with Crippen LogP contribution >= 0.6 is 0 Å². The van der Waals surface area contributed by atoms with E-state index < -0.39 is 0 Å². The third kappa shape index (κ3) is 1.50. The van der Waals surface area contributed by atoms with Crippen LogP contribution < -0.4 is 0 Å². The van der Waals surface area contributed by atoms with Gasteiger partial charge in [0.2, 0.25) is 0 Å². The maximum Gasteiger partial charge on any atom is 0.0652 e. The minimum atomic E-state index is 0.848. The van der Waals surface area contributed by atoms with E-state index in [2.05, 4.69) is 50.0 Å². The van der Waals surface area contributed by atoms with Crippen molar-refractivity contribution in [3.05, 3.63) is 41.0 Å². The third-order valence-corrected chi connectivity index (χ3v) is 2.87. The predicted octanol–water partition coefficient (Wildman–Crippen LogP) is 3.24. The van der Waals surface area contributed by atoms with Crippen molar-refractivity contribution in [1.29, 1.82) is 0 Å². The zero-order valence-electron chi connectivity index (χ0n) is 8.96. The van der Waals surface area contributed by atoms with Crippen LogP contribution in [0.1, 0.15) is 25.0 Å². The first-order valence-electron chi connectivity index (χ1n) is 4.96. The highest BCUT2D eigenvalue weighted by atomic mass is 14.8. The number of rotatable bonds is 1. The zero-order chi connectivity index (χ0) is 10.1. The van der Waals surface area contributed by atoms with Crippen LogP contribution in [0.4, 0.5) is 0 Å². The number of aliphatic imine (C=N–C) groups is 1. The van der Waals surface area contributed by atoms with Gasteiger partial charge in [0.1, 0.15) is 0 Å². The highest BCUT2D eigenvalue weighted by molar-refractivity contribution is 6.07. The van der Waals surface area contributed by atoms with Crippen molar-refractivity contribution in [3.8, 4) is 0 Å². The van der Waals surface area contributed by atoms with Gasteiger partial charge in [0.05, 0.1) is 6.54 Å². The van der Waals surface area contributed by atoms with Crippen LogP contribution in [0.3, 0.4) is 0 Å². The quantitative estimate of drug-likeness (QED) is 0.637. The lowest BCUT2D eigenvalue weighted by atomic mass is 10.00. The molecular weight excluding hydrogens is 170 g/mol. The van der Waals surface area contributed by atoms with Crippen LogP contribution in [0.2, 0.25) is 0 Å². The van der Waals surface area contributed by atoms with E-state index >= 15 is 0 Å². The van der Waals surface area contributed by atoms with E-state index in [1.54, 1.807) is 0 Å². The van der Waals surface area contributed by atoms with E-state index in [1.165, 1.54) is 28.0 Å². The van der Waals surface area contributed by atoms with E-state index in [9.17, 15) is 0 Å². The predicted molar refractivity (Wildman–Crippen MR) is 61.7 cm³/mol. The Morgan fingerprint density at radius 2 is 1.64 bits per heavy atom. The number of nitrogens with zero attached hydrogens (tertiary/aromatic N) is 1. The molecule has 0 fully saturated rings. The fourth-order valence-electron chi connectivity index (χ4n) is 1.72. The minimum absolute atomic E-state index is 0.848. The molecule has 1 heteroatoms. The molecular formula is C13H15N. The van der Waals surface area contributed by atoms with Crippen LogP contribution in [0, 0.1) is 6.92 Å². The second-order valence-corrected chi connectivity index (χ2v) is 3.87. The Morgan fingerprint density at radius 1 is 1.00 bits per heavy atom. The van der Waals surface area contributed by atoms with Gasteiger partial charge in [-0.2, -0.15) is 0 Å². The van der Waals surface area contributed by atoms with Gasteiger partial charge in [-0.25, -0.2) is 0 Å². The normalized spacial score (nSPS) is 16.1. The second kappa shape index (κ2) is 3.41. The molecule has 0 radical (unpaired) electrons. The summed E-state index contributed by atoms with van der Waals surface area (Å²) >= 11 is 0. The van der Waals surface area contributed by atoms with E-state index in [-0.39, 0.29) is 0 Å². The third-order valence-electron chi connectivity index (χ3n) is 2.87. The van der Waals surface area contributed by atoms with Gasteiger partial charge in [-0.1, -0.05) is 29.8 Å². The topological polar surface area (TPSA) is 12.4 Å². The molecule has 0 saturated carbocycles. The van der Waals surface area contributed by atoms with Crippen molar-refractivity contribution in [2.75, 3.05) is 6.54 Å². The Morgan fingerprint density at radius 3 is 2.14 bits per heavy atom. The molecule has 0 bridgehead atoms. The lowest BCUT2D eigenvalue weighted by Gasteiger charge is -2.04. The maximum absolute atomic E-state index is 4.44. The molecule has 2 rings (SSSR count). The zero-order valence-corrected chi connectivity index (χ0v) is 8.96. The molecule has 0 N–H and O–H groups in total. The van der Waals surface area contributed by atoms with E-state index in [4.69, 9.17) is 0 Å². The minimum Gasteiger partial charge on any atom is -0.285 e. The molecule has 0 spiro atoms. The number of allylic oxidation sites excluding steroid dienone is 1. The van der Waals surface area contributed by atoms with Crippen molar-refractivity contribution >= 4 is 11.3 Å². The number of aryl methyl sites for hydroxylation is 1. The molecule has 0 aromatic heterocycles. The summed E-state index contributed by atoms with van der Waals surface area (Å²) in [6.07, 6.45) is 0. The van der Waals surface area contributed by atoms with Crippen LogP contribution in [0.5, 0.6) is 0 Å². The molecule has 0 saturated heterocycles. The monoisotopic (exact) mass is 185 g/mol. The largest absolute Gasteiger partial charge is 0.285 e. The number of hydrogen-bond donors (Lipinski definition) is 0. The molecule has 0 atom stereocenters. The summed E-state index contributed by atoms with van der Waals surface area (Å²) in [5.41, 5.74) is 6.52. The van der Waals surface area contributed by atoms with Crippen LogP contribution in [0.25, 0.3) is 5.57 Å². The Bertz CT molecular complexity index is 407. The summed E-state index contributed by atoms with van der Waals surface area (Å²) in [5, 5.41) is 0. The molecule has 1 aromatic rings. The molecule has 0 unspecified atom stereocenters. The molecule has 1 aromatic carbocycles. The molecule has 0 aliphatic carbocycles. The molecule has 1 aliphatic rings. The summed E-state index contributed by atoms with van der Waals surface area (Å²) in [5.74, 6) is 0. The van der Waals surface area contributed by atoms with E-state index in [1.807, 2.05) is 0 Å². The van der Waals surface area contributed by atoms with Crippen LogP contribution in [-0.2, 0) is 0 Å². The average molecular weight is 185 g/mol. The van der Waals surface area contributed by atoms with Crippen molar-refractivity contribution in [2.24, 2.45) is 4.99 Å². The Labute approximate surface area is 85.2 Å². The van der Waals surface area contributed by atoms with Crippen molar-refractivity contribution in [2.45, 2.75) is 20.8 Å². The van der Waals surface area contributed by atoms with Gasteiger partial charge >= 0.3 is 0 Å². The highest BCUT2D eigenvalue weighted by Crippen LogP contribution is 2.24. The van der Waals surface area contributed by atoms with Crippen molar-refractivity contribution < 1.29 is 0 Å². The van der Waals surface area contributed by atoms with Gasteiger partial charge < -0.3 is 0 Å². The van der Waals surface area contributed by atoms with Crippen LogP contribution in [-0.4, -0.2) is 12.3 Å². The van der Waals surface area contributed by atoms with Gasteiger partial charge in [-0.05, 0) is 37.5 Å². The first-order valence-corrected chi connectivity index (χ1v) is 4.96. The molecule has 14 heavy (non-hydrogen) atoms. The summed E-state index contributed by atoms with van der Waals surface area (Å²) in [4.78, 5) is 4.44. The highest BCUT2D eigenvalue weighted by Gasteiger charge is 2.12. The summed E-state index contributed by atoms with van der Waals surface area (Å²) in [7, 11) is 0. The first kappa shape index (κ1) is 9.20. The Kier molecular flexibility index (Phi) is 2.24. The lowest BCUT2D eigenvalue weighted by molar-refractivity contribution is 1.28. The van der Waals surface area contributed by atoms with E-state index in [0.717, 1.165) is 6.54 Å². The first-order chi connectivity index (χ1) is 6.68. The summed E-state index contributed by atoms with van der Waals surface area (Å²) < 4.78 is 0. The Balaban J connectivity index is 2.39. The van der Waals surface area contributed by atoms with Gasteiger partial charge in [0.15, 0.2) is 0 Å². The van der Waals surface area contributed by atoms with Crippen molar-refractivity contribution in [1.82, 2.24) is 0 Å². The fourth-order valence-corrected chi connectivity index (χ4v) is 1.72. The summed E-state index contributed by atoms with van der Waals surface area (Å²) in [6, 6.07) is 8.68. The van der Waals surface area contributed by atoms with Gasteiger partial charge in [-0.15, -0.1) is 0 Å². The second-order valence-electron chi connectivity index (χ2n) is 3.87. The van der Waals surface area contributed by atoms with Crippen LogP contribution in [0.15, 0.2) is 34.8 Å². The van der Waals surface area contributed by atoms with E-state index in [0.29, 0.717) is 0 Å². The number of hydrogen-bond acceptors (Lipinski definition) is 1. The smallest absolute Gasteiger partial charge is 0.0652 e. The lowest BCUT2D eigenvalue weighted by Crippen LogP contribution is -1.91. The SMILES string of the molecule is CC1=NCC(c2ccc(C)cc2)=C1C. The van der Waals surface area contributed by atoms with Gasteiger partial charge in [0.25, 0.3) is 0 Å². The van der Waals surface area contributed by atoms with Gasteiger partial charge in [-0.3, -0.25) is 4.99 Å².